The molecule has 0 bridgehead atoms. The molecule has 1 aliphatic heterocycles. The van der Waals surface area contributed by atoms with Gasteiger partial charge in [-0.15, -0.1) is 0 Å². The number of nitrogens with zero attached hydrogens (tertiary/aromatic N) is 2. The average molecular weight is 417 g/mol. The fraction of sp³-hybridized carbons (Fsp3) is 0.250. The fourth-order valence-corrected chi connectivity index (χ4v) is 3.26. The van der Waals surface area contributed by atoms with E-state index in [0.29, 0.717) is 30.0 Å². The first-order chi connectivity index (χ1) is 13.9. The molecule has 1 aliphatic rings. The molecule has 2 aromatic rings. The molecule has 3 rings (SSSR count). The number of nitro groups is 1. The number of para-hydroxylation sites is 1. The number of amides is 2. The first kappa shape index (κ1) is 20.5. The van der Waals surface area contributed by atoms with Gasteiger partial charge in [0.15, 0.2) is 0 Å². The molecule has 0 spiro atoms. The van der Waals surface area contributed by atoms with Crippen LogP contribution in [-0.4, -0.2) is 34.2 Å². The standard InChI is InChI=1S/C20H17ClN2O6/c21-14-8-3-4-10-16(14)29-17(24)11-2-1-5-12-22-19(25)13-7-6-9-15(23(27)28)18(13)20(22)26/h3-4,6-10H,1-2,5,11-12H2. The van der Waals surface area contributed by atoms with Crippen molar-refractivity contribution < 1.29 is 24.0 Å². The van der Waals surface area contributed by atoms with E-state index in [9.17, 15) is 24.5 Å². The summed E-state index contributed by atoms with van der Waals surface area (Å²) in [5.41, 5.74) is -0.482. The zero-order chi connectivity index (χ0) is 21.0. The minimum atomic E-state index is -0.669. The second-order valence-electron chi connectivity index (χ2n) is 6.43. The van der Waals surface area contributed by atoms with Gasteiger partial charge < -0.3 is 4.74 Å². The largest absolute Gasteiger partial charge is 0.425 e. The Morgan fingerprint density at radius 2 is 1.79 bits per heavy atom. The number of hydrogen-bond donors (Lipinski definition) is 0. The monoisotopic (exact) mass is 416 g/mol. The Hall–Kier alpha value is -3.26. The van der Waals surface area contributed by atoms with E-state index in [4.69, 9.17) is 16.3 Å². The number of imide groups is 1. The Morgan fingerprint density at radius 1 is 1.03 bits per heavy atom. The number of hydrogen-bond acceptors (Lipinski definition) is 6. The van der Waals surface area contributed by atoms with Crippen LogP contribution in [-0.2, 0) is 4.79 Å². The summed E-state index contributed by atoms with van der Waals surface area (Å²) in [4.78, 5) is 48.2. The van der Waals surface area contributed by atoms with Gasteiger partial charge in [0.2, 0.25) is 0 Å². The Morgan fingerprint density at radius 3 is 2.52 bits per heavy atom. The molecular formula is C20H17ClN2O6. The second kappa shape index (κ2) is 8.83. The van der Waals surface area contributed by atoms with E-state index in [1.54, 1.807) is 24.3 Å². The van der Waals surface area contributed by atoms with Gasteiger partial charge in [0.05, 0.1) is 15.5 Å². The number of esters is 1. The highest BCUT2D eigenvalue weighted by molar-refractivity contribution is 6.32. The van der Waals surface area contributed by atoms with Crippen LogP contribution >= 0.6 is 11.6 Å². The van der Waals surface area contributed by atoms with E-state index >= 15 is 0 Å². The van der Waals surface area contributed by atoms with Crippen molar-refractivity contribution in [1.29, 1.82) is 0 Å². The highest BCUT2D eigenvalue weighted by atomic mass is 35.5. The Bertz CT molecular complexity index is 991. The molecule has 0 aliphatic carbocycles. The SMILES string of the molecule is O=C(CCCCCN1C(=O)c2cccc([N+](=O)[O-])c2C1=O)Oc1ccccc1Cl. The molecular weight excluding hydrogens is 400 g/mol. The van der Waals surface area contributed by atoms with E-state index in [2.05, 4.69) is 0 Å². The highest BCUT2D eigenvalue weighted by Gasteiger charge is 2.40. The summed E-state index contributed by atoms with van der Waals surface area (Å²) in [5.74, 6) is -1.32. The smallest absolute Gasteiger partial charge is 0.311 e. The first-order valence-electron chi connectivity index (χ1n) is 8.99. The second-order valence-corrected chi connectivity index (χ2v) is 6.84. The summed E-state index contributed by atoms with van der Waals surface area (Å²) in [6.45, 7) is 0.128. The summed E-state index contributed by atoms with van der Waals surface area (Å²) >= 11 is 5.93. The molecule has 0 aromatic heterocycles. The molecule has 0 radical (unpaired) electrons. The van der Waals surface area contributed by atoms with Crippen LogP contribution < -0.4 is 4.74 Å². The number of carbonyl (C=O) groups is 3. The van der Waals surface area contributed by atoms with Gasteiger partial charge in [-0.05, 0) is 31.0 Å². The van der Waals surface area contributed by atoms with E-state index < -0.39 is 22.7 Å². The van der Waals surface area contributed by atoms with Crippen molar-refractivity contribution in [2.45, 2.75) is 25.7 Å². The molecule has 29 heavy (non-hydrogen) atoms. The third-order valence-corrected chi connectivity index (χ3v) is 4.81. The molecule has 1 heterocycles. The quantitative estimate of drug-likeness (QED) is 0.161. The summed E-state index contributed by atoms with van der Waals surface area (Å²) in [6.07, 6.45) is 1.72. The van der Waals surface area contributed by atoms with Gasteiger partial charge in [-0.2, -0.15) is 0 Å². The van der Waals surface area contributed by atoms with Crippen LogP contribution in [0.25, 0.3) is 0 Å². The van der Waals surface area contributed by atoms with Gasteiger partial charge in [-0.1, -0.05) is 36.2 Å². The number of unbranched alkanes of at least 4 members (excludes halogenated alkanes) is 2. The lowest BCUT2D eigenvalue weighted by Crippen LogP contribution is -2.30. The molecule has 8 nitrogen and oxygen atoms in total. The highest BCUT2D eigenvalue weighted by Crippen LogP contribution is 2.31. The van der Waals surface area contributed by atoms with E-state index in [1.807, 2.05) is 0 Å². The first-order valence-corrected chi connectivity index (χ1v) is 9.36. The zero-order valence-corrected chi connectivity index (χ0v) is 16.1. The molecule has 2 aromatic carbocycles. The zero-order valence-electron chi connectivity index (χ0n) is 15.3. The number of benzene rings is 2. The van der Waals surface area contributed by atoms with E-state index in [1.165, 1.54) is 18.2 Å². The van der Waals surface area contributed by atoms with Crippen molar-refractivity contribution in [1.82, 2.24) is 4.90 Å². The summed E-state index contributed by atoms with van der Waals surface area (Å²) in [6, 6.07) is 10.7. The van der Waals surface area contributed by atoms with Gasteiger partial charge in [-0.25, -0.2) is 0 Å². The van der Waals surface area contributed by atoms with Crippen LogP contribution in [0.5, 0.6) is 5.75 Å². The lowest BCUT2D eigenvalue weighted by molar-refractivity contribution is -0.385. The van der Waals surface area contributed by atoms with Crippen molar-refractivity contribution in [2.24, 2.45) is 0 Å². The number of nitro benzene ring substituents is 1. The van der Waals surface area contributed by atoms with Crippen molar-refractivity contribution in [3.8, 4) is 5.75 Å². The van der Waals surface area contributed by atoms with Crippen LogP contribution in [0.3, 0.4) is 0 Å². The number of halogens is 1. The van der Waals surface area contributed by atoms with Gasteiger partial charge in [0, 0.05) is 19.0 Å². The number of rotatable bonds is 8. The minimum absolute atomic E-state index is 0.0486. The van der Waals surface area contributed by atoms with Crippen molar-refractivity contribution >= 4 is 35.1 Å². The molecule has 0 atom stereocenters. The lowest BCUT2D eigenvalue weighted by Gasteiger charge is -2.13. The molecule has 2 amide bonds. The number of carbonyl (C=O) groups excluding carboxylic acids is 3. The number of fused-ring (bicyclic) bond motifs is 1. The molecule has 0 saturated carbocycles. The molecule has 150 valence electrons. The maximum absolute atomic E-state index is 12.5. The predicted octanol–water partition coefficient (Wildman–Crippen LogP) is 4.01. The Balaban J connectivity index is 1.48. The normalized spacial score (nSPS) is 12.8. The lowest BCUT2D eigenvalue weighted by atomic mass is 10.1. The summed E-state index contributed by atoms with van der Waals surface area (Å²) < 4.78 is 5.18. The van der Waals surface area contributed by atoms with Gasteiger partial charge >= 0.3 is 5.97 Å². The van der Waals surface area contributed by atoms with Crippen molar-refractivity contribution in [2.75, 3.05) is 6.54 Å². The van der Waals surface area contributed by atoms with Crippen LogP contribution in [0.2, 0.25) is 5.02 Å². The van der Waals surface area contributed by atoms with E-state index in [0.717, 1.165) is 4.90 Å². The third-order valence-electron chi connectivity index (χ3n) is 4.50. The average Bonchev–Trinajstić information content (AvgIpc) is 2.94. The van der Waals surface area contributed by atoms with E-state index in [-0.39, 0.29) is 29.8 Å². The minimum Gasteiger partial charge on any atom is -0.425 e. The Kier molecular flexibility index (Phi) is 6.23. The van der Waals surface area contributed by atoms with Crippen molar-refractivity contribution in [3.05, 3.63) is 68.7 Å². The number of ether oxygens (including phenoxy) is 1. The predicted molar refractivity (Wildman–Crippen MR) is 104 cm³/mol. The van der Waals surface area contributed by atoms with Gasteiger partial charge in [0.25, 0.3) is 17.5 Å². The van der Waals surface area contributed by atoms with Crippen LogP contribution in [0.15, 0.2) is 42.5 Å². The Labute approximate surface area is 171 Å². The molecule has 0 fully saturated rings. The molecule has 0 N–H and O–H groups in total. The van der Waals surface area contributed by atoms with Gasteiger partial charge in [0.1, 0.15) is 11.3 Å². The van der Waals surface area contributed by atoms with Crippen molar-refractivity contribution in [3.63, 3.8) is 0 Å². The summed E-state index contributed by atoms with van der Waals surface area (Å²) in [5, 5.41) is 11.5. The van der Waals surface area contributed by atoms with Gasteiger partial charge in [-0.3, -0.25) is 29.4 Å². The topological polar surface area (TPSA) is 107 Å². The van der Waals surface area contributed by atoms with Crippen LogP contribution in [0, 0.1) is 10.1 Å². The molecule has 0 unspecified atom stereocenters. The maximum atomic E-state index is 12.5. The maximum Gasteiger partial charge on any atom is 0.311 e. The molecule has 9 heteroatoms. The van der Waals surface area contributed by atoms with Crippen LogP contribution in [0.1, 0.15) is 46.4 Å². The third kappa shape index (κ3) is 4.43. The van der Waals surface area contributed by atoms with Crippen LogP contribution in [0.4, 0.5) is 5.69 Å². The summed E-state index contributed by atoms with van der Waals surface area (Å²) in [7, 11) is 0. The fourth-order valence-electron chi connectivity index (χ4n) is 3.09. The molecule has 0 saturated heterocycles.